The van der Waals surface area contributed by atoms with Gasteiger partial charge in [0.2, 0.25) is 0 Å². The molecule has 0 spiro atoms. The maximum atomic E-state index is 12.1. The fraction of sp³-hybridized carbons (Fsp3) is 0.533. The van der Waals surface area contributed by atoms with Gasteiger partial charge in [0.25, 0.3) is 5.91 Å². The van der Waals surface area contributed by atoms with E-state index in [1.807, 2.05) is 6.20 Å². The maximum absolute atomic E-state index is 12.1. The van der Waals surface area contributed by atoms with Gasteiger partial charge in [-0.3, -0.25) is 4.79 Å². The number of carbonyl (C=O) groups is 1. The molecule has 0 bridgehead atoms. The molecule has 19 heavy (non-hydrogen) atoms. The summed E-state index contributed by atoms with van der Waals surface area (Å²) in [6, 6.07) is 0. The van der Waals surface area contributed by atoms with Crippen LogP contribution in [0.4, 0.5) is 0 Å². The van der Waals surface area contributed by atoms with Crippen LogP contribution in [0.3, 0.4) is 0 Å². The second-order valence-corrected chi connectivity index (χ2v) is 5.32. The van der Waals surface area contributed by atoms with Crippen molar-refractivity contribution in [3.8, 4) is 0 Å². The Kier molecular flexibility index (Phi) is 3.19. The van der Waals surface area contributed by atoms with Gasteiger partial charge in [-0.2, -0.15) is 0 Å². The van der Waals surface area contributed by atoms with Crippen LogP contribution in [0.1, 0.15) is 47.3 Å². The highest BCUT2D eigenvalue weighted by molar-refractivity contribution is 5.97. The van der Waals surface area contributed by atoms with E-state index in [0.717, 1.165) is 38.0 Å². The molecular formula is C15H21N3O. The van der Waals surface area contributed by atoms with Crippen LogP contribution in [0.5, 0.6) is 0 Å². The van der Waals surface area contributed by atoms with Crippen molar-refractivity contribution >= 4 is 11.5 Å². The van der Waals surface area contributed by atoms with Gasteiger partial charge in [-0.15, -0.1) is 0 Å². The normalized spacial score (nSPS) is 21.4. The summed E-state index contributed by atoms with van der Waals surface area (Å²) in [5, 5.41) is 6.23. The van der Waals surface area contributed by atoms with Crippen molar-refractivity contribution < 1.29 is 4.79 Å². The summed E-state index contributed by atoms with van der Waals surface area (Å²) < 4.78 is 2.26. The molecule has 0 aromatic carbocycles. The molecule has 0 unspecified atom stereocenters. The number of nitrogens with zero attached hydrogens (tertiary/aromatic N) is 1. The standard InChI is InChI=1S/C15H21N3O/c1-3-10-4-5-11-8-17-6-7-18-9-12(15(19)16-2)13(10)14(11)18/h5,9-10,17H,3-4,6-8H2,1-2H3,(H,16,19)/t10-/m1/s1. The summed E-state index contributed by atoms with van der Waals surface area (Å²) in [6.07, 6.45) is 6.52. The average molecular weight is 259 g/mol. The highest BCUT2D eigenvalue weighted by Gasteiger charge is 2.30. The second-order valence-electron chi connectivity index (χ2n) is 5.32. The summed E-state index contributed by atoms with van der Waals surface area (Å²) >= 11 is 0. The number of carbonyl (C=O) groups excluding carboxylic acids is 1. The molecule has 102 valence electrons. The SMILES string of the molecule is CC[C@@H]1CC=C2CNCCn3cc(C(=O)NC)c1c32. The van der Waals surface area contributed by atoms with Gasteiger partial charge in [-0.25, -0.2) is 0 Å². The van der Waals surface area contributed by atoms with Crippen LogP contribution in [0.2, 0.25) is 0 Å². The maximum Gasteiger partial charge on any atom is 0.252 e. The van der Waals surface area contributed by atoms with Gasteiger partial charge >= 0.3 is 0 Å². The molecule has 0 saturated carbocycles. The van der Waals surface area contributed by atoms with E-state index in [-0.39, 0.29) is 5.91 Å². The molecular weight excluding hydrogens is 238 g/mol. The summed E-state index contributed by atoms with van der Waals surface area (Å²) in [7, 11) is 1.71. The van der Waals surface area contributed by atoms with Crippen LogP contribution < -0.4 is 10.6 Å². The fourth-order valence-corrected chi connectivity index (χ4v) is 3.28. The highest BCUT2D eigenvalue weighted by atomic mass is 16.1. The number of hydrogen-bond acceptors (Lipinski definition) is 2. The smallest absolute Gasteiger partial charge is 0.252 e. The topological polar surface area (TPSA) is 46.1 Å². The Morgan fingerprint density at radius 2 is 2.42 bits per heavy atom. The van der Waals surface area contributed by atoms with E-state index in [0.29, 0.717) is 5.92 Å². The van der Waals surface area contributed by atoms with E-state index >= 15 is 0 Å². The summed E-state index contributed by atoms with van der Waals surface area (Å²) in [6.45, 7) is 5.02. The van der Waals surface area contributed by atoms with E-state index in [1.54, 1.807) is 7.05 Å². The molecule has 1 aliphatic heterocycles. The molecule has 0 fully saturated rings. The van der Waals surface area contributed by atoms with Crippen LogP contribution in [0.25, 0.3) is 5.57 Å². The van der Waals surface area contributed by atoms with Crippen LogP contribution in [0.15, 0.2) is 12.3 Å². The quantitative estimate of drug-likeness (QED) is 0.849. The van der Waals surface area contributed by atoms with Crippen LogP contribution in [-0.4, -0.2) is 30.6 Å². The van der Waals surface area contributed by atoms with E-state index in [4.69, 9.17) is 0 Å². The molecule has 4 heteroatoms. The predicted molar refractivity (Wildman–Crippen MR) is 76.3 cm³/mol. The molecule has 1 aromatic heterocycles. The van der Waals surface area contributed by atoms with Crippen LogP contribution in [-0.2, 0) is 6.54 Å². The minimum absolute atomic E-state index is 0.0447. The fourth-order valence-electron chi connectivity index (χ4n) is 3.28. The van der Waals surface area contributed by atoms with Crippen molar-refractivity contribution in [3.63, 3.8) is 0 Å². The Morgan fingerprint density at radius 1 is 1.58 bits per heavy atom. The molecule has 2 aliphatic rings. The predicted octanol–water partition coefficient (Wildman–Crippen LogP) is 1.73. The molecule has 0 radical (unpaired) electrons. The van der Waals surface area contributed by atoms with E-state index in [2.05, 4.69) is 28.2 Å². The van der Waals surface area contributed by atoms with Gasteiger partial charge in [0.05, 0.1) is 5.56 Å². The average Bonchev–Trinajstić information content (AvgIpc) is 2.70. The number of hydrogen-bond donors (Lipinski definition) is 2. The minimum atomic E-state index is 0.0447. The summed E-state index contributed by atoms with van der Waals surface area (Å²) in [5.74, 6) is 0.522. The zero-order valence-corrected chi connectivity index (χ0v) is 11.6. The monoisotopic (exact) mass is 259 g/mol. The highest BCUT2D eigenvalue weighted by Crippen LogP contribution is 2.40. The van der Waals surface area contributed by atoms with E-state index in [9.17, 15) is 4.79 Å². The van der Waals surface area contributed by atoms with Gasteiger partial charge in [0, 0.05) is 38.6 Å². The zero-order valence-electron chi connectivity index (χ0n) is 11.6. The lowest BCUT2D eigenvalue weighted by molar-refractivity contribution is 0.0961. The zero-order chi connectivity index (χ0) is 13.4. The molecule has 2 heterocycles. The Bertz CT molecular complexity index is 542. The lowest BCUT2D eigenvalue weighted by Gasteiger charge is -2.23. The van der Waals surface area contributed by atoms with Crippen molar-refractivity contribution in [2.75, 3.05) is 20.1 Å². The first kappa shape index (κ1) is 12.5. The summed E-state index contributed by atoms with van der Waals surface area (Å²) in [4.78, 5) is 12.1. The number of aromatic nitrogens is 1. The molecule has 1 amide bonds. The molecule has 1 atom stereocenters. The van der Waals surface area contributed by atoms with Crippen molar-refractivity contribution in [2.24, 2.45) is 0 Å². The number of rotatable bonds is 2. The first-order valence-corrected chi connectivity index (χ1v) is 7.11. The molecule has 0 saturated heterocycles. The number of nitrogens with one attached hydrogen (secondary N) is 2. The number of allylic oxidation sites excluding steroid dienone is 1. The molecule has 1 aromatic rings. The minimum Gasteiger partial charge on any atom is -0.355 e. The lowest BCUT2D eigenvalue weighted by atomic mass is 9.83. The van der Waals surface area contributed by atoms with Gasteiger partial charge < -0.3 is 15.2 Å². The first-order valence-electron chi connectivity index (χ1n) is 7.11. The van der Waals surface area contributed by atoms with Crippen molar-refractivity contribution in [3.05, 3.63) is 29.1 Å². The Labute approximate surface area is 113 Å². The van der Waals surface area contributed by atoms with Crippen LogP contribution >= 0.6 is 0 Å². The van der Waals surface area contributed by atoms with Crippen molar-refractivity contribution in [1.29, 1.82) is 0 Å². The van der Waals surface area contributed by atoms with Gasteiger partial charge in [-0.05, 0) is 29.9 Å². The lowest BCUT2D eigenvalue weighted by Crippen LogP contribution is -2.22. The summed E-state index contributed by atoms with van der Waals surface area (Å²) in [5.41, 5.74) is 4.79. The van der Waals surface area contributed by atoms with Gasteiger partial charge in [-0.1, -0.05) is 13.0 Å². The Balaban J connectivity index is 2.19. The molecule has 1 aliphatic carbocycles. The molecule has 2 N–H and O–H groups in total. The molecule has 3 rings (SSSR count). The molecule has 4 nitrogen and oxygen atoms in total. The van der Waals surface area contributed by atoms with Gasteiger partial charge in [0.1, 0.15) is 0 Å². The third-order valence-corrected chi connectivity index (χ3v) is 4.29. The second kappa shape index (κ2) is 4.85. The first-order chi connectivity index (χ1) is 9.26. The van der Waals surface area contributed by atoms with Crippen molar-refractivity contribution in [1.82, 2.24) is 15.2 Å². The van der Waals surface area contributed by atoms with E-state index in [1.165, 1.54) is 16.8 Å². The van der Waals surface area contributed by atoms with Crippen LogP contribution in [0, 0.1) is 0 Å². The third-order valence-electron chi connectivity index (χ3n) is 4.29. The van der Waals surface area contributed by atoms with Crippen molar-refractivity contribution in [2.45, 2.75) is 32.2 Å². The van der Waals surface area contributed by atoms with E-state index < -0.39 is 0 Å². The Hall–Kier alpha value is -1.55. The van der Waals surface area contributed by atoms with Gasteiger partial charge in [0.15, 0.2) is 0 Å². The number of amides is 1. The third kappa shape index (κ3) is 1.91. The largest absolute Gasteiger partial charge is 0.355 e. The Morgan fingerprint density at radius 3 is 3.16 bits per heavy atom.